The average molecular weight is 257 g/mol. The van der Waals surface area contributed by atoms with Crippen LogP contribution in [0.15, 0.2) is 24.3 Å². The molecule has 2 unspecified atom stereocenters. The fourth-order valence-corrected chi connectivity index (χ4v) is 3.02. The lowest BCUT2D eigenvalue weighted by molar-refractivity contribution is -0.138. The molecule has 1 aromatic rings. The minimum absolute atomic E-state index is 0.374. The van der Waals surface area contributed by atoms with Gasteiger partial charge in [0.1, 0.15) is 16.2 Å². The number of halogens is 1. The molecule has 1 aliphatic heterocycles. The molecule has 6 heteroatoms. The van der Waals surface area contributed by atoms with Crippen molar-refractivity contribution in [3.63, 3.8) is 0 Å². The van der Waals surface area contributed by atoms with Crippen LogP contribution in [0.2, 0.25) is 0 Å². The van der Waals surface area contributed by atoms with Crippen LogP contribution in [-0.4, -0.2) is 21.4 Å². The Balaban J connectivity index is 2.32. The van der Waals surface area contributed by atoms with Gasteiger partial charge in [-0.3, -0.25) is 0 Å². The van der Waals surface area contributed by atoms with Gasteiger partial charge in [-0.25, -0.2) is 9.18 Å². The standard InChI is InChI=1S/C10H8FNO2S2/c11-6-3-1-2-5(4-6)8-7(9(13)14)12-10(15)16-8/h1-4,7-8H,(H,12,15)(H,13,14). The lowest BCUT2D eigenvalue weighted by atomic mass is 10.1. The van der Waals surface area contributed by atoms with Crippen LogP contribution in [0.4, 0.5) is 4.39 Å². The molecule has 3 nitrogen and oxygen atoms in total. The van der Waals surface area contributed by atoms with E-state index in [1.54, 1.807) is 12.1 Å². The van der Waals surface area contributed by atoms with Gasteiger partial charge in [-0.2, -0.15) is 0 Å². The number of thiocarbonyl (C=S) groups is 1. The summed E-state index contributed by atoms with van der Waals surface area (Å²) in [4.78, 5) is 11.0. The molecule has 2 rings (SSSR count). The molecule has 0 amide bonds. The van der Waals surface area contributed by atoms with E-state index in [0.717, 1.165) is 0 Å². The van der Waals surface area contributed by atoms with Crippen LogP contribution in [0, 0.1) is 5.82 Å². The fraction of sp³-hybridized carbons (Fsp3) is 0.200. The first-order valence-corrected chi connectivity index (χ1v) is 5.82. The van der Waals surface area contributed by atoms with Crippen LogP contribution in [0.25, 0.3) is 0 Å². The maximum atomic E-state index is 13.0. The number of rotatable bonds is 2. The summed E-state index contributed by atoms with van der Waals surface area (Å²) in [5.41, 5.74) is 0.629. The summed E-state index contributed by atoms with van der Waals surface area (Å²) in [5, 5.41) is 11.3. The van der Waals surface area contributed by atoms with Crippen molar-refractivity contribution in [2.75, 3.05) is 0 Å². The van der Waals surface area contributed by atoms with E-state index in [-0.39, 0.29) is 11.1 Å². The van der Waals surface area contributed by atoms with Crippen molar-refractivity contribution in [3.8, 4) is 0 Å². The number of carbonyl (C=O) groups is 1. The van der Waals surface area contributed by atoms with Gasteiger partial charge in [0.05, 0.1) is 5.25 Å². The van der Waals surface area contributed by atoms with E-state index in [1.165, 1.54) is 23.9 Å². The van der Waals surface area contributed by atoms with Crippen molar-refractivity contribution in [3.05, 3.63) is 35.6 Å². The Morgan fingerprint density at radius 2 is 2.31 bits per heavy atom. The van der Waals surface area contributed by atoms with Gasteiger partial charge in [-0.05, 0) is 17.7 Å². The Hall–Kier alpha value is -1.14. The van der Waals surface area contributed by atoms with Gasteiger partial charge in [0.25, 0.3) is 0 Å². The molecule has 1 aromatic carbocycles. The van der Waals surface area contributed by atoms with Gasteiger partial charge in [-0.15, -0.1) is 0 Å². The largest absolute Gasteiger partial charge is 0.480 e. The zero-order chi connectivity index (χ0) is 11.7. The Morgan fingerprint density at radius 3 is 2.94 bits per heavy atom. The molecule has 0 radical (unpaired) electrons. The van der Waals surface area contributed by atoms with Crippen LogP contribution < -0.4 is 5.32 Å². The van der Waals surface area contributed by atoms with Gasteiger partial charge in [0, 0.05) is 0 Å². The summed E-state index contributed by atoms with van der Waals surface area (Å²) in [6, 6.07) is 5.13. The first-order valence-electron chi connectivity index (χ1n) is 4.53. The van der Waals surface area contributed by atoms with Gasteiger partial charge in [0.2, 0.25) is 0 Å². The lowest BCUT2D eigenvalue weighted by Gasteiger charge is -2.13. The molecule has 1 fully saturated rings. The number of thioether (sulfide) groups is 1. The molecule has 2 N–H and O–H groups in total. The Bertz CT molecular complexity index is 452. The third-order valence-electron chi connectivity index (χ3n) is 2.25. The molecule has 1 heterocycles. The molecule has 2 atom stereocenters. The van der Waals surface area contributed by atoms with E-state index in [9.17, 15) is 9.18 Å². The average Bonchev–Trinajstić information content (AvgIpc) is 2.60. The van der Waals surface area contributed by atoms with E-state index < -0.39 is 12.0 Å². The second-order valence-electron chi connectivity index (χ2n) is 3.34. The fourth-order valence-electron chi connectivity index (χ4n) is 1.56. The van der Waals surface area contributed by atoms with Crippen LogP contribution in [0.3, 0.4) is 0 Å². The Morgan fingerprint density at radius 1 is 1.56 bits per heavy atom. The smallest absolute Gasteiger partial charge is 0.327 e. The Labute approximate surface area is 101 Å². The third kappa shape index (κ3) is 2.17. The predicted octanol–water partition coefficient (Wildman–Crippen LogP) is 1.94. The second-order valence-corrected chi connectivity index (χ2v) is 5.16. The van der Waals surface area contributed by atoms with Crippen molar-refractivity contribution >= 4 is 34.3 Å². The monoisotopic (exact) mass is 257 g/mol. The van der Waals surface area contributed by atoms with E-state index in [2.05, 4.69) is 5.32 Å². The molecule has 16 heavy (non-hydrogen) atoms. The van der Waals surface area contributed by atoms with Crippen molar-refractivity contribution in [2.24, 2.45) is 0 Å². The lowest BCUT2D eigenvalue weighted by Crippen LogP contribution is -2.35. The molecule has 0 saturated carbocycles. The molecule has 0 aliphatic carbocycles. The molecule has 84 valence electrons. The summed E-state index contributed by atoms with van der Waals surface area (Å²) in [5.74, 6) is -1.36. The number of carboxylic acids is 1. The normalized spacial score (nSPS) is 24.2. The minimum Gasteiger partial charge on any atom is -0.480 e. The van der Waals surface area contributed by atoms with Crippen molar-refractivity contribution in [1.29, 1.82) is 0 Å². The van der Waals surface area contributed by atoms with Crippen molar-refractivity contribution in [1.82, 2.24) is 5.32 Å². The van der Waals surface area contributed by atoms with Crippen molar-refractivity contribution < 1.29 is 14.3 Å². The van der Waals surface area contributed by atoms with Gasteiger partial charge >= 0.3 is 5.97 Å². The van der Waals surface area contributed by atoms with Gasteiger partial charge < -0.3 is 10.4 Å². The number of carboxylic acid groups (broad SMARTS) is 1. The van der Waals surface area contributed by atoms with Crippen LogP contribution in [0.5, 0.6) is 0 Å². The molecule has 1 saturated heterocycles. The summed E-state index contributed by atoms with van der Waals surface area (Å²) in [6.07, 6.45) is 0. The number of hydrogen-bond acceptors (Lipinski definition) is 3. The number of hydrogen-bond donors (Lipinski definition) is 2. The molecule has 1 aliphatic rings. The summed E-state index contributed by atoms with van der Waals surface area (Å²) >= 11 is 6.16. The molecular formula is C10H8FNO2S2. The van der Waals surface area contributed by atoms with E-state index in [1.807, 2.05) is 0 Å². The molecular weight excluding hydrogens is 249 g/mol. The maximum Gasteiger partial charge on any atom is 0.327 e. The first kappa shape index (κ1) is 11.3. The minimum atomic E-state index is -0.985. The van der Waals surface area contributed by atoms with E-state index in [4.69, 9.17) is 17.3 Å². The van der Waals surface area contributed by atoms with E-state index in [0.29, 0.717) is 9.88 Å². The topological polar surface area (TPSA) is 49.3 Å². The quantitative estimate of drug-likeness (QED) is 0.793. The van der Waals surface area contributed by atoms with Crippen LogP contribution >= 0.6 is 24.0 Å². The summed E-state index contributed by atoms with van der Waals surface area (Å²) < 4.78 is 13.5. The zero-order valence-corrected chi connectivity index (χ0v) is 9.65. The van der Waals surface area contributed by atoms with Crippen molar-refractivity contribution in [2.45, 2.75) is 11.3 Å². The highest BCUT2D eigenvalue weighted by Gasteiger charge is 2.37. The highest BCUT2D eigenvalue weighted by molar-refractivity contribution is 8.23. The highest BCUT2D eigenvalue weighted by atomic mass is 32.2. The molecule has 0 bridgehead atoms. The predicted molar refractivity (Wildman–Crippen MR) is 63.9 cm³/mol. The number of aliphatic carboxylic acids is 1. The van der Waals surface area contributed by atoms with Gasteiger partial charge in [0.15, 0.2) is 0 Å². The Kier molecular flexibility index (Phi) is 3.11. The van der Waals surface area contributed by atoms with E-state index >= 15 is 0 Å². The SMILES string of the molecule is O=C(O)C1NC(=S)SC1c1cccc(F)c1. The molecule has 0 aromatic heterocycles. The molecule has 0 spiro atoms. The third-order valence-corrected chi connectivity index (χ3v) is 3.79. The maximum absolute atomic E-state index is 13.0. The number of benzene rings is 1. The summed E-state index contributed by atoms with van der Waals surface area (Å²) in [7, 11) is 0. The second kappa shape index (κ2) is 4.39. The van der Waals surface area contributed by atoms with Crippen LogP contribution in [-0.2, 0) is 4.79 Å². The number of nitrogens with one attached hydrogen (secondary N) is 1. The zero-order valence-electron chi connectivity index (χ0n) is 8.01. The first-order chi connectivity index (χ1) is 7.58. The van der Waals surface area contributed by atoms with Crippen LogP contribution in [0.1, 0.15) is 10.8 Å². The highest BCUT2D eigenvalue weighted by Crippen LogP contribution is 2.38. The summed E-state index contributed by atoms with van der Waals surface area (Å²) in [6.45, 7) is 0. The van der Waals surface area contributed by atoms with Gasteiger partial charge in [-0.1, -0.05) is 36.1 Å².